The Hall–Kier alpha value is -0.530. The molecule has 0 aromatic carbocycles. The van der Waals surface area contributed by atoms with Gasteiger partial charge in [0.1, 0.15) is 5.60 Å². The first kappa shape index (κ1) is 21.5. The van der Waals surface area contributed by atoms with Crippen molar-refractivity contribution in [3.05, 3.63) is 0 Å². The lowest BCUT2D eigenvalue weighted by Gasteiger charge is -2.40. The van der Waals surface area contributed by atoms with Gasteiger partial charge in [0.05, 0.1) is 5.41 Å². The number of rotatable bonds is 7. The zero-order valence-electron chi connectivity index (χ0n) is 16.3. The molecule has 1 saturated carbocycles. The fourth-order valence-corrected chi connectivity index (χ4v) is 3.78. The minimum atomic E-state index is -0.303. The summed E-state index contributed by atoms with van der Waals surface area (Å²) in [6.07, 6.45) is 9.67. The maximum Gasteiger partial charge on any atom is 0.312 e. The zero-order valence-corrected chi connectivity index (χ0v) is 16.3. The second-order valence-corrected chi connectivity index (χ2v) is 7.40. The number of ether oxygens (including phenoxy) is 1. The molecule has 0 spiro atoms. The first-order valence-corrected chi connectivity index (χ1v) is 9.61. The van der Waals surface area contributed by atoms with Gasteiger partial charge in [-0.2, -0.15) is 0 Å². The van der Waals surface area contributed by atoms with Crippen LogP contribution in [0, 0.1) is 11.3 Å². The summed E-state index contributed by atoms with van der Waals surface area (Å²) in [6, 6.07) is 0. The van der Waals surface area contributed by atoms with Crippen LogP contribution in [0.25, 0.3) is 0 Å². The van der Waals surface area contributed by atoms with E-state index in [9.17, 15) is 4.79 Å². The molecule has 0 saturated heterocycles. The fraction of sp³-hybridized carbons (Fsp3) is 0.950. The predicted octanol–water partition coefficient (Wildman–Crippen LogP) is 6.52. The van der Waals surface area contributed by atoms with Gasteiger partial charge in [0.2, 0.25) is 0 Å². The zero-order chi connectivity index (χ0) is 17.2. The second-order valence-electron chi connectivity index (χ2n) is 7.40. The molecule has 132 valence electrons. The summed E-state index contributed by atoms with van der Waals surface area (Å²) in [4.78, 5) is 12.8. The molecule has 1 aliphatic rings. The molecule has 0 heterocycles. The van der Waals surface area contributed by atoms with E-state index in [1.165, 1.54) is 19.3 Å². The summed E-state index contributed by atoms with van der Waals surface area (Å²) in [7, 11) is 0. The average Bonchev–Trinajstić information content (AvgIpc) is 2.49. The number of carbonyl (C=O) groups excluding carboxylic acids is 1. The summed E-state index contributed by atoms with van der Waals surface area (Å²) in [5.41, 5.74) is -0.468. The third kappa shape index (κ3) is 6.30. The van der Waals surface area contributed by atoms with Crippen molar-refractivity contribution in [1.82, 2.24) is 0 Å². The standard InChI is InChI=1S/C18H34O2.C2H6/c1-6-11-17(5,14-15(3)4)16(19)20-18(7-2)12-9-8-10-13-18;1-2/h15H,6-14H2,1-5H3;1-2H3. The van der Waals surface area contributed by atoms with Gasteiger partial charge in [-0.3, -0.25) is 4.79 Å². The van der Waals surface area contributed by atoms with Crippen LogP contribution in [0.5, 0.6) is 0 Å². The summed E-state index contributed by atoms with van der Waals surface area (Å²) in [6.45, 7) is 14.8. The molecule has 1 fully saturated rings. The lowest BCUT2D eigenvalue weighted by Crippen LogP contribution is -2.42. The van der Waals surface area contributed by atoms with Crippen molar-refractivity contribution in [3.63, 3.8) is 0 Å². The van der Waals surface area contributed by atoms with Crippen LogP contribution in [0.15, 0.2) is 0 Å². The highest BCUT2D eigenvalue weighted by Gasteiger charge is 2.41. The Balaban J connectivity index is 0.00000211. The minimum Gasteiger partial charge on any atom is -0.459 e. The lowest BCUT2D eigenvalue weighted by atomic mass is 9.77. The molecule has 2 nitrogen and oxygen atoms in total. The summed E-state index contributed by atoms with van der Waals surface area (Å²) in [5.74, 6) is 0.583. The number of esters is 1. The molecular weight excluding hydrogens is 272 g/mol. The topological polar surface area (TPSA) is 26.3 Å². The highest BCUT2D eigenvalue weighted by Crippen LogP contribution is 2.39. The molecule has 0 bridgehead atoms. The van der Waals surface area contributed by atoms with Crippen molar-refractivity contribution in [2.75, 3.05) is 0 Å². The molecule has 22 heavy (non-hydrogen) atoms. The minimum absolute atomic E-state index is 0.0526. The smallest absolute Gasteiger partial charge is 0.312 e. The molecule has 0 aromatic heterocycles. The van der Waals surface area contributed by atoms with E-state index in [0.29, 0.717) is 5.92 Å². The molecule has 1 unspecified atom stereocenters. The van der Waals surface area contributed by atoms with E-state index >= 15 is 0 Å². The van der Waals surface area contributed by atoms with E-state index in [1.807, 2.05) is 13.8 Å². The van der Waals surface area contributed by atoms with Crippen LogP contribution in [0.3, 0.4) is 0 Å². The van der Waals surface area contributed by atoms with Crippen LogP contribution < -0.4 is 0 Å². The summed E-state index contributed by atoms with van der Waals surface area (Å²) in [5, 5.41) is 0. The molecular formula is C20H40O2. The van der Waals surface area contributed by atoms with Gasteiger partial charge < -0.3 is 4.74 Å². The SMILES string of the molecule is CC.CCCC(C)(CC(C)C)C(=O)OC1(CC)CCCCC1. The van der Waals surface area contributed by atoms with Crippen molar-refractivity contribution < 1.29 is 9.53 Å². The van der Waals surface area contributed by atoms with Crippen molar-refractivity contribution in [1.29, 1.82) is 0 Å². The second kappa shape index (κ2) is 10.3. The highest BCUT2D eigenvalue weighted by molar-refractivity contribution is 5.76. The molecule has 2 heteroatoms. The van der Waals surface area contributed by atoms with Gasteiger partial charge >= 0.3 is 5.97 Å². The Morgan fingerprint density at radius 3 is 2.09 bits per heavy atom. The van der Waals surface area contributed by atoms with E-state index < -0.39 is 0 Å². The van der Waals surface area contributed by atoms with E-state index in [0.717, 1.165) is 38.5 Å². The average molecular weight is 313 g/mol. The number of hydrogen-bond donors (Lipinski definition) is 0. The molecule has 0 aliphatic heterocycles. The molecule has 0 N–H and O–H groups in total. The number of carbonyl (C=O) groups is 1. The van der Waals surface area contributed by atoms with Crippen LogP contribution in [-0.4, -0.2) is 11.6 Å². The van der Waals surface area contributed by atoms with Crippen molar-refractivity contribution >= 4 is 5.97 Å². The van der Waals surface area contributed by atoms with E-state index in [1.54, 1.807) is 0 Å². The normalized spacial score (nSPS) is 19.8. The van der Waals surface area contributed by atoms with Crippen LogP contribution >= 0.6 is 0 Å². The van der Waals surface area contributed by atoms with Gasteiger partial charge in [-0.1, -0.05) is 54.4 Å². The predicted molar refractivity (Wildman–Crippen MR) is 96.0 cm³/mol. The first-order valence-electron chi connectivity index (χ1n) is 9.61. The van der Waals surface area contributed by atoms with Crippen LogP contribution in [0.2, 0.25) is 0 Å². The van der Waals surface area contributed by atoms with Crippen LogP contribution in [0.1, 0.15) is 106 Å². The third-order valence-corrected chi connectivity index (χ3v) is 4.87. The molecule has 0 aromatic rings. The number of hydrogen-bond acceptors (Lipinski definition) is 2. The highest BCUT2D eigenvalue weighted by atomic mass is 16.6. The molecule has 0 amide bonds. The van der Waals surface area contributed by atoms with Crippen molar-refractivity contribution in [2.45, 2.75) is 112 Å². The van der Waals surface area contributed by atoms with Gasteiger partial charge in [-0.05, 0) is 57.8 Å². The van der Waals surface area contributed by atoms with Crippen LogP contribution in [0.4, 0.5) is 0 Å². The van der Waals surface area contributed by atoms with Gasteiger partial charge in [-0.15, -0.1) is 0 Å². The van der Waals surface area contributed by atoms with Crippen molar-refractivity contribution in [3.8, 4) is 0 Å². The fourth-order valence-electron chi connectivity index (χ4n) is 3.78. The molecule has 1 aliphatic carbocycles. The van der Waals surface area contributed by atoms with Gasteiger partial charge in [0.15, 0.2) is 0 Å². The Kier molecular flexibility index (Phi) is 10.0. The van der Waals surface area contributed by atoms with Gasteiger partial charge in [0.25, 0.3) is 0 Å². The monoisotopic (exact) mass is 312 g/mol. The van der Waals surface area contributed by atoms with E-state index in [2.05, 4.69) is 34.6 Å². The van der Waals surface area contributed by atoms with Gasteiger partial charge in [-0.25, -0.2) is 0 Å². The first-order chi connectivity index (χ1) is 10.4. The third-order valence-electron chi connectivity index (χ3n) is 4.87. The lowest BCUT2D eigenvalue weighted by molar-refractivity contribution is -0.177. The van der Waals surface area contributed by atoms with Crippen LogP contribution in [-0.2, 0) is 9.53 Å². The Bertz CT molecular complexity index is 303. The maximum absolute atomic E-state index is 12.8. The largest absolute Gasteiger partial charge is 0.459 e. The van der Waals surface area contributed by atoms with Gasteiger partial charge in [0, 0.05) is 0 Å². The Morgan fingerprint density at radius 2 is 1.68 bits per heavy atom. The summed E-state index contributed by atoms with van der Waals surface area (Å²) >= 11 is 0. The van der Waals surface area contributed by atoms with E-state index in [4.69, 9.17) is 4.74 Å². The quantitative estimate of drug-likeness (QED) is 0.500. The van der Waals surface area contributed by atoms with Crippen molar-refractivity contribution in [2.24, 2.45) is 11.3 Å². The molecule has 1 rings (SSSR count). The Morgan fingerprint density at radius 1 is 1.14 bits per heavy atom. The molecule has 1 atom stereocenters. The maximum atomic E-state index is 12.8. The van der Waals surface area contributed by atoms with E-state index in [-0.39, 0.29) is 17.0 Å². The molecule has 0 radical (unpaired) electrons. The summed E-state index contributed by atoms with van der Waals surface area (Å²) < 4.78 is 6.11. The Labute approximate surface area is 139 Å².